The summed E-state index contributed by atoms with van der Waals surface area (Å²) in [5.74, 6) is 6.28. The van der Waals surface area contributed by atoms with E-state index in [0.717, 1.165) is 30.7 Å². The minimum absolute atomic E-state index is 0.0919. The van der Waals surface area contributed by atoms with Gasteiger partial charge in [0.1, 0.15) is 0 Å². The van der Waals surface area contributed by atoms with E-state index < -0.39 is 11.2 Å². The average Bonchev–Trinajstić information content (AvgIpc) is 3.07. The van der Waals surface area contributed by atoms with E-state index in [-0.39, 0.29) is 19.0 Å². The summed E-state index contributed by atoms with van der Waals surface area (Å²) < 4.78 is 4.30. The molecule has 1 amide bonds. The zero-order valence-corrected chi connectivity index (χ0v) is 16.4. The van der Waals surface area contributed by atoms with Gasteiger partial charge in [-0.2, -0.15) is 4.98 Å². The maximum atomic E-state index is 13.2. The van der Waals surface area contributed by atoms with Crippen molar-refractivity contribution in [1.29, 1.82) is 0 Å². The van der Waals surface area contributed by atoms with Crippen molar-refractivity contribution in [2.75, 3.05) is 37.6 Å². The highest BCUT2D eigenvalue weighted by atomic mass is 16.2. The highest BCUT2D eigenvalue weighted by Gasteiger charge is 2.23. The van der Waals surface area contributed by atoms with E-state index in [4.69, 9.17) is 0 Å². The molecule has 1 fully saturated rings. The smallest absolute Gasteiger partial charge is 0.332 e. The Labute approximate surface area is 162 Å². The molecule has 0 spiro atoms. The summed E-state index contributed by atoms with van der Waals surface area (Å²) in [6.07, 6.45) is 0. The Hall–Kier alpha value is -3.06. The van der Waals surface area contributed by atoms with Crippen molar-refractivity contribution in [2.24, 2.45) is 7.05 Å². The predicted molar refractivity (Wildman–Crippen MR) is 106 cm³/mol. The van der Waals surface area contributed by atoms with E-state index in [1.165, 1.54) is 11.5 Å². The van der Waals surface area contributed by atoms with Gasteiger partial charge in [-0.25, -0.2) is 4.79 Å². The van der Waals surface area contributed by atoms with Crippen molar-refractivity contribution >= 4 is 23.0 Å². The molecule has 2 aromatic heterocycles. The first-order chi connectivity index (χ1) is 13.5. The van der Waals surface area contributed by atoms with Gasteiger partial charge in [0.2, 0.25) is 11.9 Å². The molecule has 28 heavy (non-hydrogen) atoms. The monoisotopic (exact) mass is 387 g/mol. The summed E-state index contributed by atoms with van der Waals surface area (Å²) >= 11 is 0. The van der Waals surface area contributed by atoms with Crippen LogP contribution < -0.4 is 26.8 Å². The lowest BCUT2D eigenvalue weighted by molar-refractivity contribution is -0.118. The van der Waals surface area contributed by atoms with Crippen LogP contribution in [0.3, 0.4) is 0 Å². The van der Waals surface area contributed by atoms with Gasteiger partial charge in [0, 0.05) is 53.2 Å². The van der Waals surface area contributed by atoms with Gasteiger partial charge >= 0.3 is 5.69 Å². The lowest BCUT2D eigenvalue weighted by Crippen LogP contribution is -2.44. The fraction of sp³-hybridized carbons (Fsp3) is 0.556. The Balaban J connectivity index is 2.18. The first-order valence-corrected chi connectivity index (χ1v) is 9.25. The fourth-order valence-electron chi connectivity index (χ4n) is 3.32. The Morgan fingerprint density at radius 2 is 1.96 bits per heavy atom. The molecule has 1 saturated heterocycles. The number of fused-ring (bicyclic) bond motifs is 1. The van der Waals surface area contributed by atoms with E-state index in [1.807, 2.05) is 0 Å². The minimum Gasteiger partial charge on any atom is -0.355 e. The van der Waals surface area contributed by atoms with Crippen molar-refractivity contribution in [1.82, 2.24) is 29.3 Å². The van der Waals surface area contributed by atoms with Crippen molar-refractivity contribution in [3.05, 3.63) is 20.8 Å². The summed E-state index contributed by atoms with van der Waals surface area (Å²) in [7, 11) is 1.60. The van der Waals surface area contributed by atoms with Gasteiger partial charge in [0.15, 0.2) is 11.2 Å². The Morgan fingerprint density at radius 3 is 2.61 bits per heavy atom. The van der Waals surface area contributed by atoms with E-state index >= 15 is 0 Å². The van der Waals surface area contributed by atoms with Crippen LogP contribution >= 0.6 is 0 Å². The average molecular weight is 387 g/mol. The largest absolute Gasteiger partial charge is 0.355 e. The standard InChI is InChI=1S/C18H25N7O3/c1-4-5-9-24-14-15(21-17(24)23-10-6-19-7-11-23)22(3)18(28)25(16(14)27)12-8-20-13(2)26/h19H,6-12H2,1-3H3,(H,20,26). The van der Waals surface area contributed by atoms with Crippen molar-refractivity contribution in [3.63, 3.8) is 0 Å². The Morgan fingerprint density at radius 1 is 1.25 bits per heavy atom. The van der Waals surface area contributed by atoms with Gasteiger partial charge in [-0.05, 0) is 6.92 Å². The maximum absolute atomic E-state index is 13.2. The molecule has 0 aromatic carbocycles. The third kappa shape index (κ3) is 3.66. The highest BCUT2D eigenvalue weighted by molar-refractivity contribution is 5.75. The molecule has 2 N–H and O–H groups in total. The van der Waals surface area contributed by atoms with E-state index in [1.54, 1.807) is 18.5 Å². The summed E-state index contributed by atoms with van der Waals surface area (Å²) in [4.78, 5) is 43.7. The Kier molecular flexibility index (Phi) is 5.84. The van der Waals surface area contributed by atoms with Gasteiger partial charge < -0.3 is 15.5 Å². The van der Waals surface area contributed by atoms with Crippen LogP contribution in [0.2, 0.25) is 0 Å². The fourth-order valence-corrected chi connectivity index (χ4v) is 3.32. The van der Waals surface area contributed by atoms with Crippen molar-refractivity contribution in [3.8, 4) is 11.8 Å². The molecule has 3 heterocycles. The second-order valence-electron chi connectivity index (χ2n) is 6.62. The van der Waals surface area contributed by atoms with Crippen LogP contribution in [0.15, 0.2) is 9.59 Å². The Bertz CT molecular complexity index is 1060. The number of hydrogen-bond acceptors (Lipinski definition) is 6. The molecule has 10 nitrogen and oxygen atoms in total. The van der Waals surface area contributed by atoms with Crippen LogP contribution in [0.5, 0.6) is 0 Å². The molecule has 0 aliphatic carbocycles. The van der Waals surface area contributed by atoms with Gasteiger partial charge in [0.25, 0.3) is 5.56 Å². The minimum atomic E-state index is -0.457. The lowest BCUT2D eigenvalue weighted by atomic mass is 10.4. The van der Waals surface area contributed by atoms with Gasteiger partial charge in [0.05, 0.1) is 6.54 Å². The number of carbonyl (C=O) groups excluding carboxylic acids is 1. The molecule has 150 valence electrons. The first kappa shape index (κ1) is 19.7. The summed E-state index contributed by atoms with van der Waals surface area (Å²) in [6, 6.07) is 0. The number of aryl methyl sites for hydroxylation is 1. The molecule has 1 aliphatic heterocycles. The number of carbonyl (C=O) groups is 1. The SMILES string of the molecule is CC#CCn1c(N2CCNCC2)nc2c1c(=O)n(CCNC(C)=O)c(=O)n2C. The third-order valence-electron chi connectivity index (χ3n) is 4.74. The molecule has 0 atom stereocenters. The molecular formula is C18H25N7O3. The molecule has 0 radical (unpaired) electrons. The second kappa shape index (κ2) is 8.31. The van der Waals surface area contributed by atoms with Crippen molar-refractivity contribution < 1.29 is 4.79 Å². The zero-order chi connectivity index (χ0) is 20.3. The number of nitrogens with one attached hydrogen (secondary N) is 2. The number of imidazole rings is 1. The maximum Gasteiger partial charge on any atom is 0.332 e. The number of rotatable bonds is 5. The third-order valence-corrected chi connectivity index (χ3v) is 4.74. The first-order valence-electron chi connectivity index (χ1n) is 9.25. The predicted octanol–water partition coefficient (Wildman–Crippen LogP) is -1.53. The molecule has 0 unspecified atom stereocenters. The molecular weight excluding hydrogens is 362 g/mol. The zero-order valence-electron chi connectivity index (χ0n) is 16.4. The van der Waals surface area contributed by atoms with Crippen LogP contribution in [-0.2, 0) is 24.9 Å². The quantitative estimate of drug-likeness (QED) is 0.603. The normalized spacial score (nSPS) is 14.0. The van der Waals surface area contributed by atoms with Crippen LogP contribution in [0.25, 0.3) is 11.2 Å². The highest BCUT2D eigenvalue weighted by Crippen LogP contribution is 2.19. The van der Waals surface area contributed by atoms with Crippen molar-refractivity contribution in [2.45, 2.75) is 26.9 Å². The van der Waals surface area contributed by atoms with E-state index in [2.05, 4.69) is 32.4 Å². The molecule has 1 aliphatic rings. The molecule has 0 saturated carbocycles. The molecule has 0 bridgehead atoms. The molecule has 3 rings (SSSR count). The summed E-state index contributed by atoms with van der Waals surface area (Å²) in [5, 5.41) is 5.91. The number of anilines is 1. The van der Waals surface area contributed by atoms with Gasteiger partial charge in [-0.3, -0.25) is 23.3 Å². The van der Waals surface area contributed by atoms with Gasteiger partial charge in [-0.1, -0.05) is 5.92 Å². The number of amides is 1. The second-order valence-corrected chi connectivity index (χ2v) is 6.62. The van der Waals surface area contributed by atoms with E-state index in [0.29, 0.717) is 23.7 Å². The number of aromatic nitrogens is 4. The van der Waals surface area contributed by atoms with Gasteiger partial charge in [-0.15, -0.1) is 5.92 Å². The number of piperazine rings is 1. The van der Waals surface area contributed by atoms with Crippen LogP contribution in [0, 0.1) is 11.8 Å². The summed E-state index contributed by atoms with van der Waals surface area (Å²) in [5.41, 5.74) is -0.186. The van der Waals surface area contributed by atoms with E-state index in [9.17, 15) is 14.4 Å². The topological polar surface area (TPSA) is 106 Å². The molecule has 2 aromatic rings. The molecule has 10 heteroatoms. The van der Waals surface area contributed by atoms with Crippen LogP contribution in [0.1, 0.15) is 13.8 Å². The number of nitrogens with zero attached hydrogens (tertiary/aromatic N) is 5. The number of hydrogen-bond donors (Lipinski definition) is 2. The summed E-state index contributed by atoms with van der Waals surface area (Å²) in [6.45, 7) is 6.89. The van der Waals surface area contributed by atoms with Crippen LogP contribution in [-0.4, -0.2) is 57.3 Å². The lowest BCUT2D eigenvalue weighted by Gasteiger charge is -2.28. The van der Waals surface area contributed by atoms with Crippen LogP contribution in [0.4, 0.5) is 5.95 Å².